The number of nitrogens with zero attached hydrogens (tertiary/aromatic N) is 1. The zero-order chi connectivity index (χ0) is 14.0. The maximum atomic E-state index is 9.74. The summed E-state index contributed by atoms with van der Waals surface area (Å²) in [5.41, 5.74) is 1.02. The molecule has 0 aromatic heterocycles. The molecule has 1 N–H and O–H groups in total. The molecule has 19 heavy (non-hydrogen) atoms. The highest BCUT2D eigenvalue weighted by Gasteiger charge is 2.30. The number of hydrogen-bond acceptors (Lipinski definition) is 4. The lowest BCUT2D eigenvalue weighted by Crippen LogP contribution is -2.52. The Bertz CT molecular complexity index is 462. The Morgan fingerprint density at radius 2 is 2.21 bits per heavy atom. The lowest BCUT2D eigenvalue weighted by Gasteiger charge is -2.42. The van der Waals surface area contributed by atoms with Crippen molar-refractivity contribution in [3.8, 4) is 11.5 Å². The summed E-state index contributed by atoms with van der Waals surface area (Å²) in [7, 11) is 1.52. The van der Waals surface area contributed by atoms with Gasteiger partial charge in [0.15, 0.2) is 11.5 Å². The first-order valence-electron chi connectivity index (χ1n) is 6.32. The third kappa shape index (κ3) is 3.14. The van der Waals surface area contributed by atoms with Crippen LogP contribution in [0.1, 0.15) is 19.4 Å². The summed E-state index contributed by atoms with van der Waals surface area (Å²) in [4.78, 5) is 2.35. The first kappa shape index (κ1) is 14.4. The molecule has 0 aliphatic carbocycles. The Kier molecular flexibility index (Phi) is 4.23. The van der Waals surface area contributed by atoms with Crippen LogP contribution >= 0.6 is 11.6 Å². The third-order valence-electron chi connectivity index (χ3n) is 3.50. The van der Waals surface area contributed by atoms with Crippen LogP contribution < -0.4 is 4.74 Å². The number of aromatic hydroxyl groups is 1. The molecule has 0 saturated carbocycles. The molecule has 1 fully saturated rings. The lowest BCUT2D eigenvalue weighted by molar-refractivity contribution is -0.0553. The predicted octanol–water partition coefficient (Wildman–Crippen LogP) is 2.67. The summed E-state index contributed by atoms with van der Waals surface area (Å²) in [6, 6.07) is 3.61. The summed E-state index contributed by atoms with van der Waals surface area (Å²) >= 11 is 6.01. The van der Waals surface area contributed by atoms with Gasteiger partial charge in [0.1, 0.15) is 0 Å². The van der Waals surface area contributed by atoms with Gasteiger partial charge in [-0.2, -0.15) is 0 Å². The molecule has 4 nitrogen and oxygen atoms in total. The van der Waals surface area contributed by atoms with E-state index in [1.165, 1.54) is 7.11 Å². The maximum absolute atomic E-state index is 9.74. The fraction of sp³-hybridized carbons (Fsp3) is 0.571. The second-order valence-electron chi connectivity index (χ2n) is 5.42. The van der Waals surface area contributed by atoms with Gasteiger partial charge in [-0.15, -0.1) is 0 Å². The van der Waals surface area contributed by atoms with Crippen molar-refractivity contribution in [1.29, 1.82) is 0 Å². The molecule has 1 aromatic rings. The minimum atomic E-state index is -0.00541. The van der Waals surface area contributed by atoms with Gasteiger partial charge in [0.25, 0.3) is 0 Å². The summed E-state index contributed by atoms with van der Waals surface area (Å²) in [5.74, 6) is 0.405. The van der Waals surface area contributed by atoms with Crippen LogP contribution in [0.3, 0.4) is 0 Å². The molecule has 0 amide bonds. The lowest BCUT2D eigenvalue weighted by atomic mass is 10.0. The maximum Gasteiger partial charge on any atom is 0.176 e. The monoisotopic (exact) mass is 285 g/mol. The van der Waals surface area contributed by atoms with E-state index in [2.05, 4.69) is 18.7 Å². The van der Waals surface area contributed by atoms with Crippen molar-refractivity contribution in [3.63, 3.8) is 0 Å². The second kappa shape index (κ2) is 5.57. The Hall–Kier alpha value is -0.970. The number of phenols is 1. The molecule has 2 rings (SSSR count). The molecule has 0 unspecified atom stereocenters. The molecule has 1 saturated heterocycles. The molecule has 0 radical (unpaired) electrons. The molecule has 1 heterocycles. The van der Waals surface area contributed by atoms with Gasteiger partial charge in [-0.1, -0.05) is 11.6 Å². The zero-order valence-corrected chi connectivity index (χ0v) is 12.3. The quantitative estimate of drug-likeness (QED) is 0.927. The van der Waals surface area contributed by atoms with Gasteiger partial charge in [0, 0.05) is 18.6 Å². The fourth-order valence-electron chi connectivity index (χ4n) is 2.28. The van der Waals surface area contributed by atoms with E-state index in [-0.39, 0.29) is 11.3 Å². The van der Waals surface area contributed by atoms with E-state index in [1.807, 2.05) is 6.07 Å². The number of phenolic OH excluding ortho intramolecular Hbond substituents is 1. The van der Waals surface area contributed by atoms with Gasteiger partial charge in [-0.05, 0) is 31.5 Å². The largest absolute Gasteiger partial charge is 0.503 e. The van der Waals surface area contributed by atoms with Crippen LogP contribution in [0.15, 0.2) is 12.1 Å². The molecular formula is C14H20ClNO3. The topological polar surface area (TPSA) is 41.9 Å². The van der Waals surface area contributed by atoms with E-state index in [0.717, 1.165) is 31.9 Å². The number of methoxy groups -OCH3 is 1. The van der Waals surface area contributed by atoms with Crippen LogP contribution in [0, 0.1) is 0 Å². The van der Waals surface area contributed by atoms with Crippen LogP contribution in [0.4, 0.5) is 0 Å². The molecule has 1 aliphatic rings. The molecule has 0 spiro atoms. The molecule has 5 heteroatoms. The minimum Gasteiger partial charge on any atom is -0.503 e. The van der Waals surface area contributed by atoms with Crippen molar-refractivity contribution < 1.29 is 14.6 Å². The van der Waals surface area contributed by atoms with E-state index in [9.17, 15) is 5.11 Å². The van der Waals surface area contributed by atoms with Crippen molar-refractivity contribution in [1.82, 2.24) is 4.90 Å². The summed E-state index contributed by atoms with van der Waals surface area (Å²) < 4.78 is 10.6. The second-order valence-corrected chi connectivity index (χ2v) is 5.82. The van der Waals surface area contributed by atoms with Crippen molar-refractivity contribution >= 4 is 11.6 Å². The number of morpholine rings is 1. The van der Waals surface area contributed by atoms with E-state index >= 15 is 0 Å². The van der Waals surface area contributed by atoms with Gasteiger partial charge in [-0.25, -0.2) is 0 Å². The summed E-state index contributed by atoms with van der Waals surface area (Å²) in [6.45, 7) is 7.42. The van der Waals surface area contributed by atoms with E-state index in [4.69, 9.17) is 21.1 Å². The van der Waals surface area contributed by atoms with Crippen LogP contribution in [-0.4, -0.2) is 42.4 Å². The molecule has 0 atom stereocenters. The van der Waals surface area contributed by atoms with Crippen molar-refractivity contribution in [2.75, 3.05) is 26.9 Å². The summed E-state index contributed by atoms with van der Waals surface area (Å²) in [6.07, 6.45) is 0. The Balaban J connectivity index is 2.21. The van der Waals surface area contributed by atoms with Gasteiger partial charge in [0.2, 0.25) is 0 Å². The number of benzene rings is 1. The predicted molar refractivity (Wildman–Crippen MR) is 75.0 cm³/mol. The normalized spacial score (nSPS) is 19.4. The SMILES string of the molecule is COc1cc(CN2CCOCC2(C)C)cc(Cl)c1O. The average Bonchev–Trinajstić information content (AvgIpc) is 2.36. The third-order valence-corrected chi connectivity index (χ3v) is 3.79. The number of ether oxygens (including phenoxy) is 2. The average molecular weight is 286 g/mol. The first-order valence-corrected chi connectivity index (χ1v) is 6.70. The smallest absolute Gasteiger partial charge is 0.176 e. The van der Waals surface area contributed by atoms with Gasteiger partial charge < -0.3 is 14.6 Å². The Labute approximate surface area is 118 Å². The van der Waals surface area contributed by atoms with Crippen LogP contribution in [0.25, 0.3) is 0 Å². The Morgan fingerprint density at radius 1 is 1.47 bits per heavy atom. The minimum absolute atomic E-state index is 0.00412. The highest BCUT2D eigenvalue weighted by atomic mass is 35.5. The molecular weight excluding hydrogens is 266 g/mol. The molecule has 1 aliphatic heterocycles. The van der Waals surface area contributed by atoms with Gasteiger partial charge >= 0.3 is 0 Å². The highest BCUT2D eigenvalue weighted by Crippen LogP contribution is 2.35. The van der Waals surface area contributed by atoms with E-state index in [0.29, 0.717) is 10.8 Å². The van der Waals surface area contributed by atoms with Crippen LogP contribution in [0.5, 0.6) is 11.5 Å². The molecule has 0 bridgehead atoms. The molecule has 1 aromatic carbocycles. The summed E-state index contributed by atoms with van der Waals surface area (Å²) in [5, 5.41) is 10.1. The Morgan fingerprint density at radius 3 is 2.84 bits per heavy atom. The fourth-order valence-corrected chi connectivity index (χ4v) is 2.51. The van der Waals surface area contributed by atoms with Crippen LogP contribution in [0.2, 0.25) is 5.02 Å². The highest BCUT2D eigenvalue weighted by molar-refractivity contribution is 6.32. The number of rotatable bonds is 3. The van der Waals surface area contributed by atoms with Gasteiger partial charge in [-0.3, -0.25) is 4.90 Å². The van der Waals surface area contributed by atoms with Crippen LogP contribution in [-0.2, 0) is 11.3 Å². The van der Waals surface area contributed by atoms with E-state index in [1.54, 1.807) is 6.07 Å². The first-order chi connectivity index (χ1) is 8.94. The van der Waals surface area contributed by atoms with E-state index < -0.39 is 0 Å². The number of hydrogen-bond donors (Lipinski definition) is 1. The van der Waals surface area contributed by atoms with Crippen molar-refractivity contribution in [2.24, 2.45) is 0 Å². The number of halogens is 1. The van der Waals surface area contributed by atoms with Gasteiger partial charge in [0.05, 0.1) is 25.3 Å². The van der Waals surface area contributed by atoms with Crippen molar-refractivity contribution in [2.45, 2.75) is 25.9 Å². The standard InChI is InChI=1S/C14H20ClNO3/c1-14(2)9-19-5-4-16(14)8-10-6-11(15)13(17)12(7-10)18-3/h6-7,17H,4-5,8-9H2,1-3H3. The zero-order valence-electron chi connectivity index (χ0n) is 11.6. The molecule has 106 valence electrons. The van der Waals surface area contributed by atoms with Crippen molar-refractivity contribution in [3.05, 3.63) is 22.7 Å².